The first-order valence-electron chi connectivity index (χ1n) is 7.72. The van der Waals surface area contributed by atoms with Crippen molar-refractivity contribution in [3.05, 3.63) is 70.8 Å². The van der Waals surface area contributed by atoms with Crippen molar-refractivity contribution in [3.8, 4) is 5.75 Å². The number of halogens is 2. The SMILES string of the molecule is CC(Oc1ccc(F)cc1)c1nnc(SCc2ccccc2Cl)n1C. The number of rotatable bonds is 6. The molecule has 0 aliphatic rings. The number of thioether (sulfide) groups is 1. The average Bonchev–Trinajstić information content (AvgIpc) is 2.97. The zero-order valence-electron chi connectivity index (χ0n) is 13.8. The highest BCUT2D eigenvalue weighted by Gasteiger charge is 2.17. The van der Waals surface area contributed by atoms with Crippen LogP contribution in [-0.4, -0.2) is 14.8 Å². The molecule has 0 N–H and O–H groups in total. The van der Waals surface area contributed by atoms with Gasteiger partial charge in [0.2, 0.25) is 0 Å². The van der Waals surface area contributed by atoms with Gasteiger partial charge in [-0.1, -0.05) is 41.6 Å². The summed E-state index contributed by atoms with van der Waals surface area (Å²) in [4.78, 5) is 0. The van der Waals surface area contributed by atoms with Gasteiger partial charge in [-0.25, -0.2) is 4.39 Å². The van der Waals surface area contributed by atoms with Crippen LogP contribution in [0.15, 0.2) is 53.7 Å². The van der Waals surface area contributed by atoms with E-state index in [1.807, 2.05) is 42.8 Å². The highest BCUT2D eigenvalue weighted by Crippen LogP contribution is 2.27. The standard InChI is InChI=1S/C18H17ClFN3OS/c1-12(24-15-9-7-14(20)8-10-15)17-21-22-18(23(17)2)25-11-13-5-3-4-6-16(13)19/h3-10,12H,11H2,1-2H3. The Hall–Kier alpha value is -2.05. The molecule has 0 saturated heterocycles. The zero-order valence-corrected chi connectivity index (χ0v) is 15.4. The van der Waals surface area contributed by atoms with Crippen LogP contribution in [0.1, 0.15) is 24.4 Å². The van der Waals surface area contributed by atoms with Gasteiger partial charge in [-0.2, -0.15) is 0 Å². The first kappa shape index (κ1) is 17.8. The van der Waals surface area contributed by atoms with E-state index >= 15 is 0 Å². The van der Waals surface area contributed by atoms with Gasteiger partial charge in [-0.3, -0.25) is 0 Å². The molecular formula is C18H17ClFN3OS. The fourth-order valence-electron chi connectivity index (χ4n) is 2.33. The molecule has 0 fully saturated rings. The van der Waals surface area contributed by atoms with Gasteiger partial charge in [0.25, 0.3) is 0 Å². The highest BCUT2D eigenvalue weighted by molar-refractivity contribution is 7.98. The lowest BCUT2D eigenvalue weighted by Gasteiger charge is -2.14. The molecule has 130 valence electrons. The fraction of sp³-hybridized carbons (Fsp3) is 0.222. The topological polar surface area (TPSA) is 39.9 Å². The summed E-state index contributed by atoms with van der Waals surface area (Å²) in [7, 11) is 1.90. The van der Waals surface area contributed by atoms with Gasteiger partial charge in [0, 0.05) is 17.8 Å². The highest BCUT2D eigenvalue weighted by atomic mass is 35.5. The minimum atomic E-state index is -0.308. The molecule has 0 saturated carbocycles. The van der Waals surface area contributed by atoms with Gasteiger partial charge in [-0.05, 0) is 42.8 Å². The third-order valence-electron chi connectivity index (χ3n) is 3.67. The summed E-state index contributed by atoms with van der Waals surface area (Å²) in [6.45, 7) is 1.88. The Bertz CT molecular complexity index is 854. The van der Waals surface area contributed by atoms with Crippen molar-refractivity contribution < 1.29 is 9.13 Å². The summed E-state index contributed by atoms with van der Waals surface area (Å²) in [5, 5.41) is 9.98. The van der Waals surface area contributed by atoms with Gasteiger partial charge in [0.05, 0.1) is 0 Å². The van der Waals surface area contributed by atoms with Crippen LogP contribution in [0.25, 0.3) is 0 Å². The van der Waals surface area contributed by atoms with E-state index in [0.29, 0.717) is 17.3 Å². The molecule has 0 radical (unpaired) electrons. The first-order chi connectivity index (χ1) is 12.0. The quantitative estimate of drug-likeness (QED) is 0.564. The Balaban J connectivity index is 1.67. The van der Waals surface area contributed by atoms with Gasteiger partial charge in [0.1, 0.15) is 11.6 Å². The van der Waals surface area contributed by atoms with Crippen molar-refractivity contribution in [2.75, 3.05) is 0 Å². The molecular weight excluding hydrogens is 361 g/mol. The minimum absolute atomic E-state index is 0.295. The number of hydrogen-bond donors (Lipinski definition) is 0. The molecule has 4 nitrogen and oxygen atoms in total. The Morgan fingerprint density at radius 1 is 1.16 bits per heavy atom. The van der Waals surface area contributed by atoms with Crippen molar-refractivity contribution in [2.24, 2.45) is 7.05 Å². The molecule has 7 heteroatoms. The van der Waals surface area contributed by atoms with Crippen molar-refractivity contribution in [1.82, 2.24) is 14.8 Å². The third kappa shape index (κ3) is 4.32. The maximum atomic E-state index is 13.0. The Morgan fingerprint density at radius 2 is 1.88 bits per heavy atom. The fourth-order valence-corrected chi connectivity index (χ4v) is 3.54. The molecule has 3 rings (SSSR count). The van der Waals surface area contributed by atoms with Crippen LogP contribution in [0.5, 0.6) is 5.75 Å². The summed E-state index contributed by atoms with van der Waals surface area (Å²) >= 11 is 7.75. The molecule has 3 aromatic rings. The second-order valence-electron chi connectivity index (χ2n) is 5.49. The Kier molecular flexibility index (Phi) is 5.60. The third-order valence-corrected chi connectivity index (χ3v) is 5.11. The molecule has 1 unspecified atom stereocenters. The van der Waals surface area contributed by atoms with Crippen LogP contribution < -0.4 is 4.74 Å². The largest absolute Gasteiger partial charge is 0.483 e. The zero-order chi connectivity index (χ0) is 17.8. The molecule has 2 aromatic carbocycles. The summed E-state index contributed by atoms with van der Waals surface area (Å²) in [6.07, 6.45) is -0.308. The van der Waals surface area contributed by atoms with Crippen LogP contribution in [0, 0.1) is 5.82 Å². The van der Waals surface area contributed by atoms with Crippen LogP contribution >= 0.6 is 23.4 Å². The molecule has 1 aromatic heterocycles. The van der Waals surface area contributed by atoms with E-state index in [-0.39, 0.29) is 11.9 Å². The second-order valence-corrected chi connectivity index (χ2v) is 6.84. The first-order valence-corrected chi connectivity index (χ1v) is 9.08. The lowest BCUT2D eigenvalue weighted by molar-refractivity contribution is 0.211. The van der Waals surface area contributed by atoms with E-state index in [0.717, 1.165) is 15.7 Å². The molecule has 0 aliphatic carbocycles. The van der Waals surface area contributed by atoms with Gasteiger partial charge in [-0.15, -0.1) is 10.2 Å². The number of aromatic nitrogens is 3. The number of nitrogens with zero attached hydrogens (tertiary/aromatic N) is 3. The van der Waals surface area contributed by atoms with Crippen molar-refractivity contribution in [2.45, 2.75) is 23.9 Å². The minimum Gasteiger partial charge on any atom is -0.483 e. The molecule has 25 heavy (non-hydrogen) atoms. The molecule has 1 heterocycles. The molecule has 0 amide bonds. The summed E-state index contributed by atoms with van der Waals surface area (Å²) in [5.74, 6) is 1.70. The summed E-state index contributed by atoms with van der Waals surface area (Å²) in [5.41, 5.74) is 1.05. The van der Waals surface area contributed by atoms with E-state index in [9.17, 15) is 4.39 Å². The van der Waals surface area contributed by atoms with E-state index in [1.54, 1.807) is 23.9 Å². The van der Waals surface area contributed by atoms with Gasteiger partial charge < -0.3 is 9.30 Å². The normalized spacial score (nSPS) is 12.2. The van der Waals surface area contributed by atoms with E-state index in [4.69, 9.17) is 16.3 Å². The van der Waals surface area contributed by atoms with Crippen LogP contribution in [-0.2, 0) is 12.8 Å². The van der Waals surface area contributed by atoms with Crippen LogP contribution in [0.2, 0.25) is 5.02 Å². The predicted molar refractivity (Wildman–Crippen MR) is 97.5 cm³/mol. The second kappa shape index (κ2) is 7.89. The van der Waals surface area contributed by atoms with Crippen molar-refractivity contribution in [1.29, 1.82) is 0 Å². The Morgan fingerprint density at radius 3 is 2.60 bits per heavy atom. The maximum absolute atomic E-state index is 13.0. The monoisotopic (exact) mass is 377 g/mol. The van der Waals surface area contributed by atoms with Gasteiger partial charge >= 0.3 is 0 Å². The van der Waals surface area contributed by atoms with Gasteiger partial charge in [0.15, 0.2) is 17.1 Å². The summed E-state index contributed by atoms with van der Waals surface area (Å²) < 4.78 is 20.7. The maximum Gasteiger partial charge on any atom is 0.191 e. The smallest absolute Gasteiger partial charge is 0.191 e. The number of benzene rings is 2. The average molecular weight is 378 g/mol. The van der Waals surface area contributed by atoms with Crippen LogP contribution in [0.4, 0.5) is 4.39 Å². The predicted octanol–water partition coefficient (Wildman–Crippen LogP) is 5.04. The number of ether oxygens (including phenoxy) is 1. The lowest BCUT2D eigenvalue weighted by atomic mass is 10.2. The lowest BCUT2D eigenvalue weighted by Crippen LogP contribution is -2.10. The van der Waals surface area contributed by atoms with E-state index in [1.165, 1.54) is 12.1 Å². The summed E-state index contributed by atoms with van der Waals surface area (Å²) in [6, 6.07) is 13.6. The molecule has 1 atom stereocenters. The van der Waals surface area contributed by atoms with Crippen molar-refractivity contribution >= 4 is 23.4 Å². The van der Waals surface area contributed by atoms with Crippen LogP contribution in [0.3, 0.4) is 0 Å². The Labute approximate surface area is 155 Å². The van der Waals surface area contributed by atoms with E-state index in [2.05, 4.69) is 10.2 Å². The molecule has 0 aliphatic heterocycles. The van der Waals surface area contributed by atoms with E-state index < -0.39 is 0 Å². The number of hydrogen-bond acceptors (Lipinski definition) is 4. The van der Waals surface area contributed by atoms with Crippen molar-refractivity contribution in [3.63, 3.8) is 0 Å². The molecule has 0 bridgehead atoms. The molecule has 0 spiro atoms.